The number of aromatic nitrogens is 2. The van der Waals surface area contributed by atoms with E-state index < -0.39 is 11.7 Å². The van der Waals surface area contributed by atoms with Gasteiger partial charge < -0.3 is 4.90 Å². The Balaban J connectivity index is 1.54. The summed E-state index contributed by atoms with van der Waals surface area (Å²) >= 11 is 0. The van der Waals surface area contributed by atoms with Crippen LogP contribution in [-0.2, 0) is 10.2 Å². The number of benzene rings is 1. The highest BCUT2D eigenvalue weighted by Gasteiger charge is 2.57. The minimum absolute atomic E-state index is 0.00327. The lowest BCUT2D eigenvalue weighted by Gasteiger charge is -2.35. The maximum Gasteiger partial charge on any atom is 0.254 e. The standard InChI is InChI=1S/C18H16BFN4O2/c1-10-5-18(10)9-24(16(26)13-3-2-11(19)4-14(13)18)8-15(25)23-17-21-6-12(20)7-22-17/h2-4,6-7,10H,5,8-9H2,1H3,(H,21,22,23,25)/t10?,18-/m0/s1. The van der Waals surface area contributed by atoms with Crippen LogP contribution >= 0.6 is 0 Å². The molecule has 1 fully saturated rings. The van der Waals surface area contributed by atoms with Crippen LogP contribution in [0, 0.1) is 11.7 Å². The number of nitrogens with one attached hydrogen (secondary N) is 1. The van der Waals surface area contributed by atoms with Crippen LogP contribution in [0.15, 0.2) is 30.6 Å². The highest BCUT2D eigenvalue weighted by molar-refractivity contribution is 6.32. The largest absolute Gasteiger partial charge is 0.328 e. The van der Waals surface area contributed by atoms with Gasteiger partial charge in [0, 0.05) is 17.5 Å². The summed E-state index contributed by atoms with van der Waals surface area (Å²) in [5, 5.41) is 2.49. The van der Waals surface area contributed by atoms with Crippen LogP contribution < -0.4 is 10.8 Å². The van der Waals surface area contributed by atoms with Gasteiger partial charge in [0.2, 0.25) is 11.9 Å². The number of hydrogen-bond donors (Lipinski definition) is 1. The first kappa shape index (κ1) is 16.7. The van der Waals surface area contributed by atoms with Crippen molar-refractivity contribution in [2.24, 2.45) is 5.92 Å². The van der Waals surface area contributed by atoms with Crippen LogP contribution in [0.25, 0.3) is 0 Å². The van der Waals surface area contributed by atoms with Crippen molar-refractivity contribution in [3.8, 4) is 0 Å². The minimum atomic E-state index is -0.588. The molecule has 1 aliphatic carbocycles. The number of hydrogen-bond acceptors (Lipinski definition) is 4. The van der Waals surface area contributed by atoms with Gasteiger partial charge in [-0.2, -0.15) is 0 Å². The Kier molecular flexibility index (Phi) is 3.79. The maximum atomic E-state index is 12.8. The monoisotopic (exact) mass is 350 g/mol. The quantitative estimate of drug-likeness (QED) is 0.831. The molecular weight excluding hydrogens is 334 g/mol. The molecule has 2 amide bonds. The van der Waals surface area contributed by atoms with Gasteiger partial charge in [0.25, 0.3) is 5.91 Å². The summed E-state index contributed by atoms with van der Waals surface area (Å²) in [5.74, 6) is -0.785. The fourth-order valence-corrected chi connectivity index (χ4v) is 3.75. The normalized spacial score (nSPS) is 23.7. The van der Waals surface area contributed by atoms with Crippen LogP contribution in [0.2, 0.25) is 0 Å². The zero-order valence-corrected chi connectivity index (χ0v) is 14.2. The molecule has 0 saturated heterocycles. The molecule has 2 heterocycles. The van der Waals surface area contributed by atoms with Gasteiger partial charge in [0.1, 0.15) is 14.4 Å². The average Bonchev–Trinajstić information content (AvgIpc) is 3.25. The van der Waals surface area contributed by atoms with E-state index in [0.717, 1.165) is 24.4 Å². The highest BCUT2D eigenvalue weighted by Crippen LogP contribution is 2.57. The van der Waals surface area contributed by atoms with Crippen molar-refractivity contribution in [2.45, 2.75) is 18.8 Å². The summed E-state index contributed by atoms with van der Waals surface area (Å²) < 4.78 is 12.8. The molecule has 8 heteroatoms. The highest BCUT2D eigenvalue weighted by atomic mass is 19.1. The molecule has 1 spiro atoms. The molecule has 1 aromatic carbocycles. The molecule has 6 nitrogen and oxygen atoms in total. The second-order valence-electron chi connectivity index (χ2n) is 7.00. The first-order chi connectivity index (χ1) is 12.4. The van der Waals surface area contributed by atoms with Crippen molar-refractivity contribution in [1.82, 2.24) is 14.9 Å². The molecule has 1 unspecified atom stereocenters. The number of carbonyl (C=O) groups is 2. The molecule has 2 aliphatic rings. The summed E-state index contributed by atoms with van der Waals surface area (Å²) in [6.07, 6.45) is 2.89. The number of carbonyl (C=O) groups excluding carboxylic acids is 2. The van der Waals surface area contributed by atoms with Gasteiger partial charge in [-0.25, -0.2) is 14.4 Å². The molecule has 2 aromatic rings. The summed E-state index contributed by atoms with van der Waals surface area (Å²) in [5.41, 5.74) is 2.08. The predicted octanol–water partition coefficient (Wildman–Crippen LogP) is 0.782. The van der Waals surface area contributed by atoms with Gasteiger partial charge in [-0.1, -0.05) is 24.5 Å². The van der Waals surface area contributed by atoms with E-state index in [4.69, 9.17) is 7.85 Å². The maximum absolute atomic E-state index is 12.8. The Morgan fingerprint density at radius 2 is 2.12 bits per heavy atom. The van der Waals surface area contributed by atoms with E-state index in [1.165, 1.54) is 0 Å². The minimum Gasteiger partial charge on any atom is -0.328 e. The Morgan fingerprint density at radius 3 is 2.77 bits per heavy atom. The van der Waals surface area contributed by atoms with Gasteiger partial charge in [0.05, 0.1) is 12.4 Å². The zero-order chi connectivity index (χ0) is 18.5. The van der Waals surface area contributed by atoms with Gasteiger partial charge in [0.15, 0.2) is 5.82 Å². The van der Waals surface area contributed by atoms with Crippen molar-refractivity contribution >= 4 is 31.1 Å². The molecule has 1 N–H and O–H groups in total. The molecule has 1 aliphatic heterocycles. The Bertz CT molecular complexity index is 905. The number of nitrogens with zero attached hydrogens (tertiary/aromatic N) is 3. The van der Waals surface area contributed by atoms with Crippen molar-refractivity contribution in [1.29, 1.82) is 0 Å². The predicted molar refractivity (Wildman–Crippen MR) is 93.8 cm³/mol. The summed E-state index contributed by atoms with van der Waals surface area (Å²) in [6.45, 7) is 2.49. The van der Waals surface area contributed by atoms with Crippen molar-refractivity contribution in [3.05, 3.63) is 47.5 Å². The van der Waals surface area contributed by atoms with Gasteiger partial charge in [-0.3, -0.25) is 14.9 Å². The molecular formula is C18H16BFN4O2. The SMILES string of the molecule is [B]c1ccc2c(c1)[C@@]1(CC1C)CN(CC(=O)Nc1ncc(F)cn1)C2=O. The summed E-state index contributed by atoms with van der Waals surface area (Å²) in [7, 11) is 5.90. The molecule has 4 rings (SSSR count). The van der Waals surface area contributed by atoms with Crippen molar-refractivity contribution < 1.29 is 14.0 Å². The van der Waals surface area contributed by atoms with Crippen LogP contribution in [0.5, 0.6) is 0 Å². The molecule has 2 radical (unpaired) electrons. The molecule has 26 heavy (non-hydrogen) atoms. The first-order valence-corrected chi connectivity index (χ1v) is 8.36. The number of halogens is 1. The van der Waals surface area contributed by atoms with Crippen LogP contribution in [0.4, 0.5) is 10.3 Å². The lowest BCUT2D eigenvalue weighted by atomic mass is 9.81. The van der Waals surface area contributed by atoms with Gasteiger partial charge in [-0.05, 0) is 24.0 Å². The molecule has 1 saturated carbocycles. The topological polar surface area (TPSA) is 75.2 Å². The molecule has 1 aromatic heterocycles. The van der Waals surface area contributed by atoms with Gasteiger partial charge in [-0.15, -0.1) is 0 Å². The average molecular weight is 350 g/mol. The van der Waals surface area contributed by atoms with Crippen molar-refractivity contribution in [3.63, 3.8) is 0 Å². The fourth-order valence-electron chi connectivity index (χ4n) is 3.75. The number of rotatable bonds is 3. The fraction of sp³-hybridized carbons (Fsp3) is 0.333. The third kappa shape index (κ3) is 2.75. The van der Waals surface area contributed by atoms with E-state index in [2.05, 4.69) is 22.2 Å². The van der Waals surface area contributed by atoms with Crippen molar-refractivity contribution in [2.75, 3.05) is 18.4 Å². The molecule has 130 valence electrons. The summed E-state index contributed by atoms with van der Waals surface area (Å²) in [4.78, 5) is 34.0. The van der Waals surface area contributed by atoms with E-state index >= 15 is 0 Å². The van der Waals surface area contributed by atoms with E-state index in [9.17, 15) is 14.0 Å². The molecule has 0 bridgehead atoms. The van der Waals surface area contributed by atoms with Crippen LogP contribution in [0.3, 0.4) is 0 Å². The summed E-state index contributed by atoms with van der Waals surface area (Å²) in [6, 6.07) is 5.31. The van der Waals surface area contributed by atoms with E-state index in [1.54, 1.807) is 17.0 Å². The van der Waals surface area contributed by atoms with Crippen LogP contribution in [-0.4, -0.2) is 47.6 Å². The van der Waals surface area contributed by atoms with E-state index in [0.29, 0.717) is 23.5 Å². The second-order valence-corrected chi connectivity index (χ2v) is 7.00. The number of amides is 2. The third-order valence-electron chi connectivity index (χ3n) is 5.23. The Labute approximate surface area is 151 Å². The number of fused-ring (bicyclic) bond motifs is 2. The lowest BCUT2D eigenvalue weighted by Crippen LogP contribution is -2.47. The zero-order valence-electron chi connectivity index (χ0n) is 14.2. The third-order valence-corrected chi connectivity index (χ3v) is 5.23. The number of anilines is 1. The first-order valence-electron chi connectivity index (χ1n) is 8.36. The molecule has 2 atom stereocenters. The Hall–Kier alpha value is -2.77. The lowest BCUT2D eigenvalue weighted by molar-refractivity contribution is -0.117. The van der Waals surface area contributed by atoms with E-state index in [1.807, 2.05) is 6.07 Å². The van der Waals surface area contributed by atoms with E-state index in [-0.39, 0.29) is 23.8 Å². The Morgan fingerprint density at radius 1 is 1.42 bits per heavy atom. The smallest absolute Gasteiger partial charge is 0.254 e. The van der Waals surface area contributed by atoms with Crippen LogP contribution in [0.1, 0.15) is 29.3 Å². The second kappa shape index (κ2) is 5.90. The van der Waals surface area contributed by atoms with Gasteiger partial charge >= 0.3 is 0 Å².